The summed E-state index contributed by atoms with van der Waals surface area (Å²) < 4.78 is 0. The number of nitrogens with one attached hydrogen (secondary N) is 2. The van der Waals surface area contributed by atoms with Crippen LogP contribution in [0.1, 0.15) is 95.5 Å². The number of aromatic amines is 2. The number of nitrogens with zero attached hydrogens (tertiary/aromatic N) is 2. The number of aromatic nitrogens is 4. The van der Waals surface area contributed by atoms with Crippen LogP contribution in [-0.2, 0) is 32.7 Å². The first-order valence-corrected chi connectivity index (χ1v) is 12.5. The van der Waals surface area contributed by atoms with Gasteiger partial charge < -0.3 is 31.2 Å². The maximum absolute atomic E-state index is 4.48. The van der Waals surface area contributed by atoms with Gasteiger partial charge in [0.2, 0.25) is 0 Å². The van der Waals surface area contributed by atoms with Gasteiger partial charge in [-0.2, -0.15) is 6.92 Å². The van der Waals surface area contributed by atoms with Crippen molar-refractivity contribution in [1.82, 2.24) is 19.9 Å². The Labute approximate surface area is 257 Å². The van der Waals surface area contributed by atoms with Gasteiger partial charge in [0.15, 0.2) is 0 Å². The number of benzene rings is 2. The Bertz CT molecular complexity index is 1340. The van der Waals surface area contributed by atoms with Gasteiger partial charge in [0.25, 0.3) is 0 Å². The van der Waals surface area contributed by atoms with Crippen molar-refractivity contribution >= 4 is 10.8 Å². The van der Waals surface area contributed by atoms with Gasteiger partial charge in [0, 0.05) is 17.0 Å². The molecule has 4 aromatic rings. The summed E-state index contributed by atoms with van der Waals surface area (Å²) >= 11 is 0. The number of hydrogen-bond acceptors (Lipinski definition) is 2. The summed E-state index contributed by atoms with van der Waals surface area (Å²) in [5.74, 6) is 15.5. The van der Waals surface area contributed by atoms with Gasteiger partial charge in [0.05, 0.1) is 12.4 Å². The second-order valence-electron chi connectivity index (χ2n) is 7.96. The average molecular weight is 585 g/mol. The van der Waals surface area contributed by atoms with Crippen molar-refractivity contribution in [3.8, 4) is 23.7 Å². The Morgan fingerprint density at radius 1 is 0.711 bits per heavy atom. The number of H-pyrrole nitrogens is 2. The second kappa shape index (κ2) is 19.3. The maximum Gasteiger partial charge on any atom is 3.00 e. The van der Waals surface area contributed by atoms with E-state index in [1.165, 1.54) is 0 Å². The second-order valence-corrected chi connectivity index (χ2v) is 7.96. The van der Waals surface area contributed by atoms with Gasteiger partial charge in [-0.1, -0.05) is 72.4 Å². The molecule has 198 valence electrons. The largest absolute Gasteiger partial charge is 3.00 e. The van der Waals surface area contributed by atoms with E-state index >= 15 is 0 Å². The molecule has 1 atom stereocenters. The number of rotatable bonds is 3. The third-order valence-electron chi connectivity index (χ3n) is 5.42. The van der Waals surface area contributed by atoms with Gasteiger partial charge in [-0.05, 0) is 58.6 Å². The first kappa shape index (κ1) is 37.4. The summed E-state index contributed by atoms with van der Waals surface area (Å²) in [4.78, 5) is 15.2. The van der Waals surface area contributed by atoms with E-state index < -0.39 is 0 Å². The van der Waals surface area contributed by atoms with Crippen molar-refractivity contribution < 1.29 is 32.7 Å². The third-order valence-corrected chi connectivity index (χ3v) is 5.42. The van der Waals surface area contributed by atoms with E-state index in [4.69, 9.17) is 0 Å². The molecule has 0 radical (unpaired) electrons. The molecule has 0 bridgehead atoms. The molecule has 2 N–H and O–H groups in total. The molecule has 2 aromatic heterocycles. The minimum atomic E-state index is 0. The van der Waals surface area contributed by atoms with E-state index in [9.17, 15) is 0 Å². The van der Waals surface area contributed by atoms with Crippen LogP contribution < -0.4 is 0 Å². The Morgan fingerprint density at radius 3 is 1.63 bits per heavy atom. The molecule has 0 aliphatic heterocycles. The van der Waals surface area contributed by atoms with Crippen LogP contribution in [0.25, 0.3) is 10.8 Å². The Morgan fingerprint density at radius 2 is 1.18 bits per heavy atom. The Hall–Kier alpha value is -2.79. The average Bonchev–Trinajstić information content (AvgIpc) is 3.57. The van der Waals surface area contributed by atoms with E-state index in [0.29, 0.717) is 11.8 Å². The molecule has 0 saturated heterocycles. The summed E-state index contributed by atoms with van der Waals surface area (Å²) in [7, 11) is 0. The van der Waals surface area contributed by atoms with Crippen molar-refractivity contribution in [2.75, 3.05) is 0 Å². The monoisotopic (exact) mass is 584 g/mol. The van der Waals surface area contributed by atoms with Crippen LogP contribution in [0.15, 0.2) is 48.8 Å². The van der Waals surface area contributed by atoms with Gasteiger partial charge in [-0.3, -0.25) is 4.98 Å². The molecule has 2 heterocycles. The normalized spacial score (nSPS) is 9.71. The molecule has 0 aliphatic rings. The molecule has 4 nitrogen and oxygen atoms in total. The van der Waals surface area contributed by atoms with E-state index in [-0.39, 0.29) is 47.6 Å². The van der Waals surface area contributed by atoms with Crippen molar-refractivity contribution in [3.63, 3.8) is 0 Å². The standard InChI is InChI=1S/C27H25N4.2C2H6.2CH3.Y/c1-5-26-28-16-24(30-26)12-8-20-6-10-23-15-21(7-11-22(23)14-20)9-13-25-17-29-27(31-25)19(4)18(2)3;2*1-2;;;/h5-7,10-11,14-19H,1-4H3,(H,28,30)(H,29,31);2*1-2H3;2*1H3;/q-1;;;2*-1;+3. The first-order valence-electron chi connectivity index (χ1n) is 12.5. The zero-order valence-electron chi connectivity index (χ0n) is 24.8. The smallest absolute Gasteiger partial charge is 0.362 e. The molecule has 2 aromatic carbocycles. The topological polar surface area (TPSA) is 57.4 Å². The maximum atomic E-state index is 4.48. The fourth-order valence-electron chi connectivity index (χ4n) is 3.17. The van der Waals surface area contributed by atoms with E-state index in [1.807, 2.05) is 59.4 Å². The van der Waals surface area contributed by atoms with Crippen LogP contribution in [0.5, 0.6) is 0 Å². The van der Waals surface area contributed by atoms with Crippen molar-refractivity contribution in [2.45, 2.75) is 61.3 Å². The summed E-state index contributed by atoms with van der Waals surface area (Å²) in [6, 6.07) is 12.4. The Balaban J connectivity index is 0. The molecule has 38 heavy (non-hydrogen) atoms. The van der Waals surface area contributed by atoms with Gasteiger partial charge in [0.1, 0.15) is 17.2 Å². The number of hydrogen-bond donors (Lipinski definition) is 2. The number of fused-ring (bicyclic) bond motifs is 1. The predicted octanol–water partition coefficient (Wildman–Crippen LogP) is 8.37. The first-order chi connectivity index (χ1) is 17.0. The molecule has 4 rings (SSSR count). The van der Waals surface area contributed by atoms with Gasteiger partial charge in [-0.25, -0.2) is 4.98 Å². The zero-order chi connectivity index (χ0) is 25.8. The molecule has 0 amide bonds. The van der Waals surface area contributed by atoms with Crippen molar-refractivity contribution in [1.29, 1.82) is 0 Å². The third kappa shape index (κ3) is 10.5. The molecular weight excluding hydrogens is 541 g/mol. The molecular formula is C33H43N4Y. The van der Waals surface area contributed by atoms with Crippen LogP contribution in [0, 0.1) is 50.9 Å². The molecule has 1 unspecified atom stereocenters. The van der Waals surface area contributed by atoms with Gasteiger partial charge in [-0.15, -0.1) is 0 Å². The van der Waals surface area contributed by atoms with E-state index in [1.54, 1.807) is 6.20 Å². The molecule has 0 saturated carbocycles. The predicted molar refractivity (Wildman–Crippen MR) is 161 cm³/mol. The summed E-state index contributed by atoms with van der Waals surface area (Å²) in [6.45, 7) is 16.5. The zero-order valence-corrected chi connectivity index (χ0v) is 27.7. The van der Waals surface area contributed by atoms with Crippen LogP contribution >= 0.6 is 0 Å². The minimum absolute atomic E-state index is 0. The molecule has 0 fully saturated rings. The van der Waals surface area contributed by atoms with Crippen LogP contribution in [0.3, 0.4) is 0 Å². The van der Waals surface area contributed by atoms with Crippen LogP contribution in [0.2, 0.25) is 0 Å². The molecule has 0 aliphatic carbocycles. The quantitative estimate of drug-likeness (QED) is 0.188. The fraction of sp³-hybridized carbons (Fsp3) is 0.303. The molecule has 0 spiro atoms. The summed E-state index contributed by atoms with van der Waals surface area (Å²) in [6.07, 6.45) is 5.48. The molecule has 5 heteroatoms. The van der Waals surface area contributed by atoms with Crippen LogP contribution in [0.4, 0.5) is 0 Å². The summed E-state index contributed by atoms with van der Waals surface area (Å²) in [5, 5.41) is 2.28. The van der Waals surface area contributed by atoms with E-state index in [0.717, 1.165) is 44.9 Å². The van der Waals surface area contributed by atoms with Crippen molar-refractivity contribution in [3.05, 3.63) is 104 Å². The van der Waals surface area contributed by atoms with Crippen LogP contribution in [-0.4, -0.2) is 19.9 Å². The number of imidazole rings is 2. The van der Waals surface area contributed by atoms with Gasteiger partial charge >= 0.3 is 32.7 Å². The Kier molecular flexibility index (Phi) is 19.0. The summed E-state index contributed by atoms with van der Waals surface area (Å²) in [5.41, 5.74) is 3.59. The van der Waals surface area contributed by atoms with Crippen molar-refractivity contribution in [2.24, 2.45) is 5.92 Å². The van der Waals surface area contributed by atoms with E-state index in [2.05, 4.69) is 88.7 Å². The fourth-order valence-corrected chi connectivity index (χ4v) is 3.17. The minimum Gasteiger partial charge on any atom is -0.362 e. The SMILES string of the molecule is CC.CC.C[CH-]c1ncc(C#Cc2ccc3cc(C#Cc4cnc(C(C)C(C)C)[nH]4)ccc3c2)[nH]1.[CH3-].[CH3-].[Y+3].